The standard InChI is InChI=1S/C20H18F3N3O5S/c21-13-5-6-16(19(23)18(13)22)32(29,30)25-11-9-24(10-12-25)17(27)7-8-26-14-3-1-2-4-15(14)31-20(26)28/h1-6H,7-12H2. The second-order valence-corrected chi connectivity index (χ2v) is 9.10. The Morgan fingerprint density at radius 1 is 0.969 bits per heavy atom. The quantitative estimate of drug-likeness (QED) is 0.533. The van der Waals surface area contributed by atoms with Crippen LogP contribution in [0.4, 0.5) is 13.2 Å². The maximum Gasteiger partial charge on any atom is 0.419 e. The summed E-state index contributed by atoms with van der Waals surface area (Å²) in [4.78, 5) is 25.0. The lowest BCUT2D eigenvalue weighted by atomic mass is 10.3. The zero-order chi connectivity index (χ0) is 23.0. The average Bonchev–Trinajstić information content (AvgIpc) is 3.10. The van der Waals surface area contributed by atoms with Crippen LogP contribution in [0.3, 0.4) is 0 Å². The largest absolute Gasteiger partial charge is 0.419 e. The Kier molecular flexibility index (Phi) is 5.82. The summed E-state index contributed by atoms with van der Waals surface area (Å²) in [5.41, 5.74) is 0.975. The van der Waals surface area contributed by atoms with E-state index in [-0.39, 0.29) is 45.1 Å². The molecule has 2 heterocycles. The second kappa shape index (κ2) is 8.43. The smallest absolute Gasteiger partial charge is 0.408 e. The van der Waals surface area contributed by atoms with Crippen molar-refractivity contribution in [3.05, 3.63) is 64.4 Å². The molecule has 1 aromatic heterocycles. The molecule has 0 bridgehead atoms. The summed E-state index contributed by atoms with van der Waals surface area (Å²) in [6.07, 6.45) is -0.00597. The van der Waals surface area contributed by atoms with Gasteiger partial charge in [-0.3, -0.25) is 9.36 Å². The zero-order valence-electron chi connectivity index (χ0n) is 16.6. The van der Waals surface area contributed by atoms with Crippen LogP contribution in [0.25, 0.3) is 11.1 Å². The number of fused-ring (bicyclic) bond motifs is 1. The van der Waals surface area contributed by atoms with Gasteiger partial charge in [0.1, 0.15) is 4.90 Å². The Balaban J connectivity index is 1.40. The van der Waals surface area contributed by atoms with Gasteiger partial charge in [-0.15, -0.1) is 0 Å². The highest BCUT2D eigenvalue weighted by atomic mass is 32.2. The van der Waals surface area contributed by atoms with Crippen molar-refractivity contribution in [2.24, 2.45) is 0 Å². The number of amides is 1. The number of nitrogens with zero attached hydrogens (tertiary/aromatic N) is 3. The van der Waals surface area contributed by atoms with Crippen molar-refractivity contribution in [2.75, 3.05) is 26.2 Å². The first kappa shape index (κ1) is 22.1. The van der Waals surface area contributed by atoms with E-state index in [1.165, 1.54) is 9.47 Å². The number of piperazine rings is 1. The number of benzene rings is 2. The molecule has 0 spiro atoms. The maximum atomic E-state index is 14.0. The molecule has 12 heteroatoms. The van der Waals surface area contributed by atoms with Gasteiger partial charge in [0.25, 0.3) is 0 Å². The summed E-state index contributed by atoms with van der Waals surface area (Å²) in [7, 11) is -4.40. The van der Waals surface area contributed by atoms with Crippen LogP contribution in [-0.4, -0.2) is 54.3 Å². The minimum absolute atomic E-state index is 0.00597. The van der Waals surface area contributed by atoms with E-state index in [0.717, 1.165) is 4.31 Å². The van der Waals surface area contributed by atoms with Crippen molar-refractivity contribution in [3.8, 4) is 0 Å². The van der Waals surface area contributed by atoms with Crippen molar-refractivity contribution in [2.45, 2.75) is 17.9 Å². The molecule has 1 aliphatic rings. The fourth-order valence-electron chi connectivity index (χ4n) is 3.62. The van der Waals surface area contributed by atoms with E-state index < -0.39 is 38.1 Å². The summed E-state index contributed by atoms with van der Waals surface area (Å²) >= 11 is 0. The van der Waals surface area contributed by atoms with Gasteiger partial charge >= 0.3 is 5.76 Å². The van der Waals surface area contributed by atoms with Crippen LogP contribution in [0.15, 0.2) is 50.5 Å². The van der Waals surface area contributed by atoms with E-state index >= 15 is 0 Å². The highest BCUT2D eigenvalue weighted by molar-refractivity contribution is 7.89. The molecule has 170 valence electrons. The first-order valence-corrected chi connectivity index (χ1v) is 11.1. The van der Waals surface area contributed by atoms with Gasteiger partial charge < -0.3 is 9.32 Å². The predicted octanol–water partition coefficient (Wildman–Crippen LogP) is 1.94. The molecule has 0 N–H and O–H groups in total. The van der Waals surface area contributed by atoms with E-state index in [1.54, 1.807) is 24.3 Å². The number of hydrogen-bond donors (Lipinski definition) is 0. The van der Waals surface area contributed by atoms with Crippen molar-refractivity contribution < 1.29 is 30.8 Å². The Morgan fingerprint density at radius 3 is 2.38 bits per heavy atom. The molecule has 1 aliphatic heterocycles. The summed E-state index contributed by atoms with van der Waals surface area (Å²) in [5.74, 6) is -5.99. The number of carbonyl (C=O) groups excluding carboxylic acids is 1. The van der Waals surface area contributed by atoms with Gasteiger partial charge in [0.15, 0.2) is 23.0 Å². The molecule has 0 unspecified atom stereocenters. The normalized spacial score (nSPS) is 15.4. The highest BCUT2D eigenvalue weighted by Gasteiger charge is 2.33. The molecule has 0 aliphatic carbocycles. The number of carbonyl (C=O) groups is 1. The number of hydrogen-bond acceptors (Lipinski definition) is 5. The molecular formula is C20H18F3N3O5S. The van der Waals surface area contributed by atoms with Crippen LogP contribution in [-0.2, 0) is 21.4 Å². The third-order valence-corrected chi connectivity index (χ3v) is 7.25. The van der Waals surface area contributed by atoms with Crippen LogP contribution in [0, 0.1) is 17.5 Å². The van der Waals surface area contributed by atoms with E-state index in [4.69, 9.17) is 4.42 Å². The lowest BCUT2D eigenvalue weighted by Crippen LogP contribution is -2.50. The molecule has 1 saturated heterocycles. The zero-order valence-corrected chi connectivity index (χ0v) is 17.4. The number of aromatic nitrogens is 1. The summed E-state index contributed by atoms with van der Waals surface area (Å²) in [5, 5.41) is 0. The van der Waals surface area contributed by atoms with Gasteiger partial charge in [0, 0.05) is 39.1 Å². The van der Waals surface area contributed by atoms with Crippen LogP contribution in [0.1, 0.15) is 6.42 Å². The lowest BCUT2D eigenvalue weighted by Gasteiger charge is -2.34. The third-order valence-electron chi connectivity index (χ3n) is 5.33. The maximum absolute atomic E-state index is 14.0. The third kappa shape index (κ3) is 3.91. The monoisotopic (exact) mass is 469 g/mol. The number of para-hydroxylation sites is 2. The number of halogens is 3. The van der Waals surface area contributed by atoms with Crippen LogP contribution < -0.4 is 5.76 Å². The molecule has 1 amide bonds. The summed E-state index contributed by atoms with van der Waals surface area (Å²) < 4.78 is 73.2. The minimum Gasteiger partial charge on any atom is -0.408 e. The Hall–Kier alpha value is -3.12. The molecule has 4 rings (SSSR count). The van der Waals surface area contributed by atoms with Crippen LogP contribution in [0.5, 0.6) is 0 Å². The van der Waals surface area contributed by atoms with Gasteiger partial charge in [-0.2, -0.15) is 4.31 Å². The van der Waals surface area contributed by atoms with Gasteiger partial charge in [0.05, 0.1) is 5.52 Å². The van der Waals surface area contributed by atoms with Gasteiger partial charge in [0.2, 0.25) is 15.9 Å². The lowest BCUT2D eigenvalue weighted by molar-refractivity contribution is -0.132. The summed E-state index contributed by atoms with van der Waals surface area (Å²) in [6, 6.07) is 8.03. The molecule has 32 heavy (non-hydrogen) atoms. The van der Waals surface area contributed by atoms with Crippen molar-refractivity contribution in [1.29, 1.82) is 0 Å². The topological polar surface area (TPSA) is 92.8 Å². The number of sulfonamides is 1. The number of oxazole rings is 1. The van der Waals surface area contributed by atoms with E-state index in [1.807, 2.05) is 0 Å². The van der Waals surface area contributed by atoms with E-state index in [0.29, 0.717) is 23.2 Å². The first-order chi connectivity index (χ1) is 15.2. The molecular weight excluding hydrogens is 451 g/mol. The van der Waals surface area contributed by atoms with Gasteiger partial charge in [-0.05, 0) is 24.3 Å². The number of aryl methyl sites for hydroxylation is 1. The van der Waals surface area contributed by atoms with Crippen LogP contribution in [0.2, 0.25) is 0 Å². The fourth-order valence-corrected chi connectivity index (χ4v) is 5.09. The van der Waals surface area contributed by atoms with Crippen molar-refractivity contribution in [1.82, 2.24) is 13.8 Å². The van der Waals surface area contributed by atoms with Crippen molar-refractivity contribution >= 4 is 27.0 Å². The SMILES string of the molecule is O=C(CCn1c(=O)oc2ccccc21)N1CCN(S(=O)(=O)c2ccc(F)c(F)c2F)CC1. The van der Waals surface area contributed by atoms with Gasteiger partial charge in [-0.1, -0.05) is 12.1 Å². The Bertz CT molecular complexity index is 1340. The minimum atomic E-state index is -4.40. The Labute approximate surface area is 180 Å². The fraction of sp³-hybridized carbons (Fsp3) is 0.300. The molecule has 0 radical (unpaired) electrons. The molecule has 0 saturated carbocycles. The second-order valence-electron chi connectivity index (χ2n) is 7.20. The molecule has 2 aromatic carbocycles. The van der Waals surface area contributed by atoms with Crippen molar-refractivity contribution in [3.63, 3.8) is 0 Å². The highest BCUT2D eigenvalue weighted by Crippen LogP contribution is 2.24. The molecule has 3 aromatic rings. The molecule has 8 nitrogen and oxygen atoms in total. The predicted molar refractivity (Wildman–Crippen MR) is 107 cm³/mol. The molecule has 1 fully saturated rings. The average molecular weight is 469 g/mol. The van der Waals surface area contributed by atoms with Gasteiger partial charge in [-0.25, -0.2) is 26.4 Å². The van der Waals surface area contributed by atoms with E-state index in [2.05, 4.69) is 0 Å². The summed E-state index contributed by atoms with van der Waals surface area (Å²) in [6.45, 7) is -0.121. The molecule has 0 atom stereocenters. The number of rotatable bonds is 5. The Morgan fingerprint density at radius 2 is 1.66 bits per heavy atom. The van der Waals surface area contributed by atoms with Crippen LogP contribution >= 0.6 is 0 Å². The van der Waals surface area contributed by atoms with E-state index in [9.17, 15) is 31.2 Å². The first-order valence-electron chi connectivity index (χ1n) is 9.70.